The van der Waals surface area contributed by atoms with Crippen molar-refractivity contribution in [1.82, 2.24) is 4.90 Å². The summed E-state index contributed by atoms with van der Waals surface area (Å²) in [5.41, 5.74) is 2.54. The number of morpholine rings is 1. The summed E-state index contributed by atoms with van der Waals surface area (Å²) in [4.78, 5) is 25.5. The Morgan fingerprint density at radius 2 is 1.75 bits per heavy atom. The van der Waals surface area contributed by atoms with Gasteiger partial charge in [-0.3, -0.25) is 4.79 Å². The van der Waals surface area contributed by atoms with Gasteiger partial charge in [0.1, 0.15) is 12.7 Å². The van der Waals surface area contributed by atoms with Gasteiger partial charge in [0.15, 0.2) is 0 Å². The average molecular weight is 458 g/mol. The lowest BCUT2D eigenvalue weighted by Crippen LogP contribution is -2.52. The number of anilines is 1. The van der Waals surface area contributed by atoms with Crippen LogP contribution in [-0.2, 0) is 19.1 Å². The van der Waals surface area contributed by atoms with Gasteiger partial charge in [-0.25, -0.2) is 4.79 Å². The molecule has 0 radical (unpaired) electrons. The van der Waals surface area contributed by atoms with E-state index in [1.807, 2.05) is 4.90 Å². The Morgan fingerprint density at radius 3 is 2.34 bits per heavy atom. The number of rotatable bonds is 4. The number of fused-ring (bicyclic) bond motifs is 1. The third kappa shape index (κ3) is 6.13. The van der Waals surface area contributed by atoms with Crippen molar-refractivity contribution in [3.05, 3.63) is 29.8 Å². The van der Waals surface area contributed by atoms with E-state index in [2.05, 4.69) is 36.1 Å². The number of aryl methyl sites for hydroxylation is 1. The highest BCUT2D eigenvalue weighted by Crippen LogP contribution is 2.35. The van der Waals surface area contributed by atoms with Crippen LogP contribution in [0.2, 0.25) is 0 Å². The van der Waals surface area contributed by atoms with Crippen molar-refractivity contribution in [2.45, 2.75) is 57.0 Å². The Hall–Kier alpha value is -2.33. The van der Waals surface area contributed by atoms with E-state index in [9.17, 15) is 18.0 Å². The highest BCUT2D eigenvalue weighted by Gasteiger charge is 2.44. The number of halogens is 3. The van der Waals surface area contributed by atoms with Gasteiger partial charge >= 0.3 is 12.1 Å². The number of hydrogen-bond acceptors (Lipinski definition) is 5. The van der Waals surface area contributed by atoms with Crippen molar-refractivity contribution in [1.29, 1.82) is 0 Å². The molecule has 0 bridgehead atoms. The van der Waals surface area contributed by atoms with E-state index < -0.39 is 12.1 Å². The molecule has 2 aliphatic heterocycles. The number of carboxylic acids is 1. The molecule has 4 rings (SSSR count). The van der Waals surface area contributed by atoms with Crippen LogP contribution < -0.4 is 4.90 Å². The molecule has 2 saturated heterocycles. The number of carbonyl (C=O) groups excluding carboxylic acids is 1. The van der Waals surface area contributed by atoms with Gasteiger partial charge < -0.3 is 24.4 Å². The van der Waals surface area contributed by atoms with E-state index in [1.165, 1.54) is 11.3 Å². The minimum Gasteiger partial charge on any atom is -0.475 e. The first-order chi connectivity index (χ1) is 15.2. The van der Waals surface area contributed by atoms with Gasteiger partial charge in [-0.15, -0.1) is 0 Å². The highest BCUT2D eigenvalue weighted by atomic mass is 19.4. The van der Waals surface area contributed by atoms with Gasteiger partial charge in [0, 0.05) is 25.3 Å². The Morgan fingerprint density at radius 1 is 1.12 bits per heavy atom. The predicted octanol–water partition coefficient (Wildman–Crippen LogP) is 3.00. The monoisotopic (exact) mass is 458 g/mol. The second-order valence-electron chi connectivity index (χ2n) is 8.25. The van der Waals surface area contributed by atoms with Crippen molar-refractivity contribution in [2.24, 2.45) is 0 Å². The van der Waals surface area contributed by atoms with E-state index in [0.29, 0.717) is 6.04 Å². The Labute approximate surface area is 185 Å². The first-order valence-electron chi connectivity index (χ1n) is 10.8. The quantitative estimate of drug-likeness (QED) is 0.748. The maximum Gasteiger partial charge on any atom is 0.490 e. The molecule has 1 aromatic carbocycles. The summed E-state index contributed by atoms with van der Waals surface area (Å²) in [6.07, 6.45) is -0.721. The summed E-state index contributed by atoms with van der Waals surface area (Å²) < 4.78 is 43.8. The van der Waals surface area contributed by atoms with Gasteiger partial charge in [-0.2, -0.15) is 13.2 Å². The fourth-order valence-corrected chi connectivity index (χ4v) is 4.39. The fourth-order valence-electron chi connectivity index (χ4n) is 4.39. The number of hydrogen-bond donors (Lipinski definition) is 1. The maximum absolute atomic E-state index is 12.2. The second-order valence-corrected chi connectivity index (χ2v) is 8.25. The summed E-state index contributed by atoms with van der Waals surface area (Å²) in [6.45, 7) is 5.72. The third-order valence-corrected chi connectivity index (χ3v) is 6.02. The van der Waals surface area contributed by atoms with Crippen LogP contribution in [0.15, 0.2) is 24.3 Å². The zero-order chi connectivity index (χ0) is 23.3. The van der Waals surface area contributed by atoms with Gasteiger partial charge in [-0.05, 0) is 44.7 Å². The fraction of sp³-hybridized carbons (Fsp3) is 0.636. The number of amides is 1. The number of carbonyl (C=O) groups is 2. The van der Waals surface area contributed by atoms with Crippen molar-refractivity contribution in [2.75, 3.05) is 37.7 Å². The van der Waals surface area contributed by atoms with Crippen molar-refractivity contribution in [3.8, 4) is 0 Å². The number of aliphatic carboxylic acids is 1. The number of likely N-dealkylation sites (tertiary alicyclic amines) is 1. The zero-order valence-corrected chi connectivity index (χ0v) is 18.0. The van der Waals surface area contributed by atoms with Crippen LogP contribution in [0, 0.1) is 6.92 Å². The average Bonchev–Trinajstić information content (AvgIpc) is 3.42. The molecule has 10 heteroatoms. The van der Waals surface area contributed by atoms with Gasteiger partial charge in [-0.1, -0.05) is 17.7 Å². The molecule has 0 spiro atoms. The number of alkyl halides is 3. The number of nitrogens with zero attached hydrogens (tertiary/aromatic N) is 2. The van der Waals surface area contributed by atoms with Crippen LogP contribution in [-0.4, -0.2) is 79.2 Å². The number of ether oxygens (including phenoxy) is 2. The molecule has 3 fully saturated rings. The number of benzene rings is 1. The molecule has 0 unspecified atom stereocenters. The van der Waals surface area contributed by atoms with E-state index in [-0.39, 0.29) is 24.7 Å². The van der Waals surface area contributed by atoms with Crippen molar-refractivity contribution in [3.63, 3.8) is 0 Å². The lowest BCUT2D eigenvalue weighted by atomic mass is 10.1. The van der Waals surface area contributed by atoms with E-state index in [4.69, 9.17) is 19.4 Å². The molecule has 3 atom stereocenters. The van der Waals surface area contributed by atoms with Crippen LogP contribution in [0.5, 0.6) is 0 Å². The topological polar surface area (TPSA) is 79.3 Å². The van der Waals surface area contributed by atoms with Crippen LogP contribution in [0.3, 0.4) is 0 Å². The first-order valence-corrected chi connectivity index (χ1v) is 10.8. The van der Waals surface area contributed by atoms with E-state index >= 15 is 0 Å². The molecule has 1 amide bonds. The minimum absolute atomic E-state index is 0.0322. The van der Waals surface area contributed by atoms with Crippen LogP contribution in [0.25, 0.3) is 0 Å². The molecule has 1 N–H and O–H groups in total. The lowest BCUT2D eigenvalue weighted by molar-refractivity contribution is -0.192. The Bertz CT molecular complexity index is 781. The van der Waals surface area contributed by atoms with Gasteiger partial charge in [0.05, 0.1) is 18.8 Å². The minimum atomic E-state index is -5.08. The maximum atomic E-state index is 12.2. The summed E-state index contributed by atoms with van der Waals surface area (Å²) in [6, 6.07) is 9.07. The summed E-state index contributed by atoms with van der Waals surface area (Å²) in [5.74, 6) is -2.63. The predicted molar refractivity (Wildman–Crippen MR) is 111 cm³/mol. The standard InChI is InChI=1S/C20H28N2O3.C2HF3O2/c1-15-4-6-16(7-5-15)22-12-13-24-20-17(22)8-9-18(20)25-14-19(23)21-10-2-3-11-21;3-2(4,5)1(6)7/h4-7,17-18,20H,2-3,8-14H2,1H3;(H,6,7)/t17-,18+,20+;/m0./s1. The molecule has 7 nitrogen and oxygen atoms in total. The largest absolute Gasteiger partial charge is 0.490 e. The third-order valence-electron chi connectivity index (χ3n) is 6.02. The summed E-state index contributed by atoms with van der Waals surface area (Å²) in [5, 5.41) is 7.12. The molecule has 2 heterocycles. The molecule has 1 saturated carbocycles. The first kappa shape index (κ1) is 24.3. The van der Waals surface area contributed by atoms with Crippen LogP contribution >= 0.6 is 0 Å². The summed E-state index contributed by atoms with van der Waals surface area (Å²) in [7, 11) is 0. The lowest BCUT2D eigenvalue weighted by Gasteiger charge is -2.40. The molecular formula is C22H29F3N2O5. The van der Waals surface area contributed by atoms with Gasteiger partial charge in [0.25, 0.3) is 0 Å². The zero-order valence-electron chi connectivity index (χ0n) is 18.0. The smallest absolute Gasteiger partial charge is 0.475 e. The molecular weight excluding hydrogens is 429 g/mol. The molecule has 32 heavy (non-hydrogen) atoms. The molecule has 1 aliphatic carbocycles. The van der Waals surface area contributed by atoms with Crippen LogP contribution in [0.4, 0.5) is 18.9 Å². The normalized spacial score (nSPS) is 25.2. The van der Waals surface area contributed by atoms with Crippen molar-refractivity contribution < 1.29 is 37.3 Å². The Kier molecular flexibility index (Phi) is 8.00. The SMILES string of the molecule is Cc1ccc(N2CCO[C@H]3[C@H](OCC(=O)N4CCCC4)CC[C@@H]32)cc1.O=C(O)C(F)(F)F. The summed E-state index contributed by atoms with van der Waals surface area (Å²) >= 11 is 0. The highest BCUT2D eigenvalue weighted by molar-refractivity contribution is 5.77. The van der Waals surface area contributed by atoms with E-state index in [1.54, 1.807) is 0 Å². The van der Waals surface area contributed by atoms with Crippen molar-refractivity contribution >= 4 is 17.6 Å². The molecule has 0 aromatic heterocycles. The van der Waals surface area contributed by atoms with E-state index in [0.717, 1.165) is 51.9 Å². The molecule has 1 aromatic rings. The van der Waals surface area contributed by atoms with Crippen LogP contribution in [0.1, 0.15) is 31.2 Å². The van der Waals surface area contributed by atoms with Gasteiger partial charge in [0.2, 0.25) is 5.91 Å². The second kappa shape index (κ2) is 10.5. The molecule has 3 aliphatic rings. The number of carboxylic acid groups (broad SMARTS) is 1. The molecule has 178 valence electrons. The Balaban J connectivity index is 0.000000360.